The molecule has 0 aliphatic heterocycles. The highest BCUT2D eigenvalue weighted by atomic mass is 16.6. The van der Waals surface area contributed by atoms with E-state index in [1.807, 2.05) is 20.8 Å². The Balaban J connectivity index is 3.54. The second-order valence-corrected chi connectivity index (χ2v) is 5.49. The Kier molecular flexibility index (Phi) is 12.6. The molecule has 0 fully saturated rings. The van der Waals surface area contributed by atoms with Gasteiger partial charge in [0.05, 0.1) is 32.0 Å². The maximum absolute atomic E-state index is 10.8. The average molecular weight is 304 g/mol. The standard InChI is InChI=1S/C16H32O5/c1-6-7-8-9-18-10-13(2)19-11-14(3)20-12-15(4)21-16(5)17/h13-15H,6-12H2,1-5H3. The van der Waals surface area contributed by atoms with Crippen LogP contribution in [0.4, 0.5) is 0 Å². The minimum Gasteiger partial charge on any atom is -0.460 e. The van der Waals surface area contributed by atoms with Gasteiger partial charge in [-0.3, -0.25) is 4.79 Å². The van der Waals surface area contributed by atoms with Crippen molar-refractivity contribution in [3.63, 3.8) is 0 Å². The molecule has 0 aliphatic rings. The SMILES string of the molecule is CCCCCOCC(C)OCC(C)OCC(C)OC(C)=O. The molecular formula is C16H32O5. The summed E-state index contributed by atoms with van der Waals surface area (Å²) >= 11 is 0. The quantitative estimate of drug-likeness (QED) is 0.387. The van der Waals surface area contributed by atoms with Gasteiger partial charge in [-0.25, -0.2) is 0 Å². The van der Waals surface area contributed by atoms with Gasteiger partial charge in [0, 0.05) is 13.5 Å². The number of hydrogen-bond donors (Lipinski definition) is 0. The Morgan fingerprint density at radius 3 is 2.05 bits per heavy atom. The minimum absolute atomic E-state index is 0.0365. The third-order valence-corrected chi connectivity index (χ3v) is 2.84. The fourth-order valence-corrected chi connectivity index (χ4v) is 1.72. The smallest absolute Gasteiger partial charge is 0.302 e. The number of hydrogen-bond acceptors (Lipinski definition) is 5. The van der Waals surface area contributed by atoms with E-state index in [9.17, 15) is 4.79 Å². The normalized spacial score (nSPS) is 15.5. The van der Waals surface area contributed by atoms with E-state index < -0.39 is 0 Å². The molecule has 0 aromatic heterocycles. The molecule has 0 saturated heterocycles. The van der Waals surface area contributed by atoms with Crippen molar-refractivity contribution in [1.82, 2.24) is 0 Å². The number of carbonyl (C=O) groups is 1. The first-order valence-corrected chi connectivity index (χ1v) is 7.93. The molecule has 0 amide bonds. The van der Waals surface area contributed by atoms with Crippen LogP contribution >= 0.6 is 0 Å². The van der Waals surface area contributed by atoms with Crippen molar-refractivity contribution in [1.29, 1.82) is 0 Å². The molecule has 3 atom stereocenters. The van der Waals surface area contributed by atoms with Gasteiger partial charge in [-0.15, -0.1) is 0 Å². The molecule has 0 N–H and O–H groups in total. The summed E-state index contributed by atoms with van der Waals surface area (Å²) in [4.78, 5) is 10.8. The Labute approximate surface area is 129 Å². The zero-order valence-electron chi connectivity index (χ0n) is 14.2. The van der Waals surface area contributed by atoms with Crippen molar-refractivity contribution in [2.24, 2.45) is 0 Å². The van der Waals surface area contributed by atoms with Crippen LogP contribution in [-0.4, -0.2) is 50.7 Å². The van der Waals surface area contributed by atoms with Crippen LogP contribution in [0.15, 0.2) is 0 Å². The van der Waals surface area contributed by atoms with E-state index in [4.69, 9.17) is 18.9 Å². The molecule has 21 heavy (non-hydrogen) atoms. The van der Waals surface area contributed by atoms with Crippen LogP contribution in [-0.2, 0) is 23.7 Å². The first-order chi connectivity index (χ1) is 9.95. The Hall–Kier alpha value is -0.650. The molecule has 0 aromatic rings. The lowest BCUT2D eigenvalue weighted by molar-refractivity contribution is -0.150. The predicted molar refractivity (Wildman–Crippen MR) is 82.4 cm³/mol. The second-order valence-electron chi connectivity index (χ2n) is 5.49. The van der Waals surface area contributed by atoms with Crippen molar-refractivity contribution in [3.8, 4) is 0 Å². The minimum atomic E-state index is -0.288. The summed E-state index contributed by atoms with van der Waals surface area (Å²) in [5, 5.41) is 0. The molecule has 0 heterocycles. The van der Waals surface area contributed by atoms with Gasteiger partial charge in [0.25, 0.3) is 0 Å². The molecule has 0 bridgehead atoms. The third kappa shape index (κ3) is 14.1. The lowest BCUT2D eigenvalue weighted by atomic mass is 10.3. The van der Waals surface area contributed by atoms with Crippen molar-refractivity contribution in [2.75, 3.05) is 26.4 Å². The largest absolute Gasteiger partial charge is 0.460 e. The number of unbranched alkanes of at least 4 members (excludes halogenated alkanes) is 2. The van der Waals surface area contributed by atoms with E-state index in [-0.39, 0.29) is 24.3 Å². The fourth-order valence-electron chi connectivity index (χ4n) is 1.72. The number of ether oxygens (including phenoxy) is 4. The fraction of sp³-hybridized carbons (Fsp3) is 0.938. The average Bonchev–Trinajstić information content (AvgIpc) is 2.42. The molecule has 126 valence electrons. The zero-order valence-corrected chi connectivity index (χ0v) is 14.2. The van der Waals surface area contributed by atoms with Crippen LogP contribution in [0.5, 0.6) is 0 Å². The molecule has 0 rings (SSSR count). The summed E-state index contributed by atoms with van der Waals surface area (Å²) < 4.78 is 21.8. The maximum atomic E-state index is 10.8. The van der Waals surface area contributed by atoms with E-state index in [1.54, 1.807) is 0 Å². The number of esters is 1. The van der Waals surface area contributed by atoms with Crippen molar-refractivity contribution < 1.29 is 23.7 Å². The molecule has 0 saturated carbocycles. The van der Waals surface area contributed by atoms with Gasteiger partial charge < -0.3 is 18.9 Å². The van der Waals surface area contributed by atoms with E-state index in [0.29, 0.717) is 19.8 Å². The Morgan fingerprint density at radius 2 is 1.48 bits per heavy atom. The van der Waals surface area contributed by atoms with Crippen LogP contribution in [0.3, 0.4) is 0 Å². The topological polar surface area (TPSA) is 54.0 Å². The molecule has 5 nitrogen and oxygen atoms in total. The summed E-state index contributed by atoms with van der Waals surface area (Å²) in [6.07, 6.45) is 3.31. The van der Waals surface area contributed by atoms with Gasteiger partial charge in [-0.05, 0) is 27.2 Å². The first-order valence-electron chi connectivity index (χ1n) is 7.93. The highest BCUT2D eigenvalue weighted by molar-refractivity contribution is 5.66. The number of carbonyl (C=O) groups excluding carboxylic acids is 1. The lowest BCUT2D eigenvalue weighted by Gasteiger charge is -2.19. The summed E-state index contributed by atoms with van der Waals surface area (Å²) in [6.45, 7) is 11.6. The van der Waals surface area contributed by atoms with E-state index in [0.717, 1.165) is 13.0 Å². The summed E-state index contributed by atoms with van der Waals surface area (Å²) in [5.74, 6) is -0.288. The van der Waals surface area contributed by atoms with Gasteiger partial charge in [-0.2, -0.15) is 0 Å². The zero-order chi connectivity index (χ0) is 16.1. The van der Waals surface area contributed by atoms with Crippen molar-refractivity contribution in [3.05, 3.63) is 0 Å². The van der Waals surface area contributed by atoms with Gasteiger partial charge in [0.2, 0.25) is 0 Å². The molecule has 0 aliphatic carbocycles. The molecular weight excluding hydrogens is 272 g/mol. The lowest BCUT2D eigenvalue weighted by Crippen LogP contribution is -2.27. The van der Waals surface area contributed by atoms with E-state index >= 15 is 0 Å². The van der Waals surface area contributed by atoms with Crippen LogP contribution in [0.2, 0.25) is 0 Å². The van der Waals surface area contributed by atoms with Crippen molar-refractivity contribution >= 4 is 5.97 Å². The molecule has 0 aromatic carbocycles. The highest BCUT2D eigenvalue weighted by Gasteiger charge is 2.11. The highest BCUT2D eigenvalue weighted by Crippen LogP contribution is 2.01. The Morgan fingerprint density at radius 1 is 0.905 bits per heavy atom. The van der Waals surface area contributed by atoms with Crippen LogP contribution in [0.1, 0.15) is 53.9 Å². The summed E-state index contributed by atoms with van der Waals surface area (Å²) in [5.41, 5.74) is 0. The summed E-state index contributed by atoms with van der Waals surface area (Å²) in [6, 6.07) is 0. The molecule has 0 spiro atoms. The van der Waals surface area contributed by atoms with Crippen molar-refractivity contribution in [2.45, 2.75) is 72.2 Å². The van der Waals surface area contributed by atoms with Crippen LogP contribution in [0.25, 0.3) is 0 Å². The van der Waals surface area contributed by atoms with Crippen LogP contribution < -0.4 is 0 Å². The molecule has 5 heteroatoms. The first kappa shape index (κ1) is 20.3. The Bertz CT molecular complexity index is 257. The third-order valence-electron chi connectivity index (χ3n) is 2.84. The van der Waals surface area contributed by atoms with Gasteiger partial charge in [0.1, 0.15) is 6.10 Å². The van der Waals surface area contributed by atoms with E-state index in [1.165, 1.54) is 19.8 Å². The second kappa shape index (κ2) is 13.0. The maximum Gasteiger partial charge on any atom is 0.302 e. The van der Waals surface area contributed by atoms with Gasteiger partial charge in [-0.1, -0.05) is 19.8 Å². The predicted octanol–water partition coefficient (Wildman–Crippen LogP) is 2.96. The van der Waals surface area contributed by atoms with Gasteiger partial charge >= 0.3 is 5.97 Å². The monoisotopic (exact) mass is 304 g/mol. The van der Waals surface area contributed by atoms with Crippen LogP contribution in [0, 0.1) is 0 Å². The van der Waals surface area contributed by atoms with E-state index in [2.05, 4.69) is 6.92 Å². The van der Waals surface area contributed by atoms with Gasteiger partial charge in [0.15, 0.2) is 0 Å². The number of rotatable bonds is 13. The molecule has 0 radical (unpaired) electrons. The summed E-state index contributed by atoms with van der Waals surface area (Å²) in [7, 11) is 0. The molecule has 3 unspecified atom stereocenters.